The van der Waals surface area contributed by atoms with E-state index in [1.807, 2.05) is 16.5 Å². The largest absolute Gasteiger partial charge is 0.348 e. The Kier molecular flexibility index (Phi) is 5.04. The highest BCUT2D eigenvalue weighted by molar-refractivity contribution is 5.82. The van der Waals surface area contributed by atoms with Gasteiger partial charge in [-0.3, -0.25) is 14.8 Å². The minimum Gasteiger partial charge on any atom is -0.348 e. The van der Waals surface area contributed by atoms with Crippen LogP contribution in [0.5, 0.6) is 0 Å². The molecule has 1 spiro atoms. The predicted octanol–water partition coefficient (Wildman–Crippen LogP) is 2.58. The second-order valence-corrected chi connectivity index (χ2v) is 8.24. The molecule has 0 bridgehead atoms. The molecule has 1 fully saturated rings. The number of likely N-dealkylation sites (N-methyl/N-ethyl adjacent to an activating group) is 1. The van der Waals surface area contributed by atoms with Crippen molar-refractivity contribution in [1.29, 1.82) is 0 Å². The summed E-state index contributed by atoms with van der Waals surface area (Å²) in [7, 11) is 0. The van der Waals surface area contributed by atoms with E-state index in [4.69, 9.17) is 0 Å². The average Bonchev–Trinajstić information content (AvgIpc) is 3.41. The molecule has 1 atom stereocenters. The van der Waals surface area contributed by atoms with E-state index in [2.05, 4.69) is 41.2 Å². The Hall–Kier alpha value is -2.15. The van der Waals surface area contributed by atoms with Gasteiger partial charge in [-0.2, -0.15) is 5.10 Å². The van der Waals surface area contributed by atoms with Crippen LogP contribution < -0.4 is 5.32 Å². The summed E-state index contributed by atoms with van der Waals surface area (Å²) < 4.78 is 2.02. The number of H-pyrrole nitrogens is 1. The van der Waals surface area contributed by atoms with Crippen LogP contribution in [-0.2, 0) is 29.8 Å². The van der Waals surface area contributed by atoms with E-state index >= 15 is 0 Å². The van der Waals surface area contributed by atoms with Gasteiger partial charge in [0.2, 0.25) is 5.91 Å². The van der Waals surface area contributed by atoms with Crippen molar-refractivity contribution in [3.63, 3.8) is 0 Å². The summed E-state index contributed by atoms with van der Waals surface area (Å²) in [4.78, 5) is 23.4. The maximum atomic E-state index is 13.5. The Morgan fingerprint density at radius 3 is 2.71 bits per heavy atom. The molecule has 4 rings (SSSR count). The molecule has 2 N–H and O–H groups in total. The zero-order valence-electron chi connectivity index (χ0n) is 17.5. The number of aromatic nitrogens is 4. The highest BCUT2D eigenvalue weighted by atomic mass is 16.2. The molecule has 152 valence electrons. The Labute approximate surface area is 166 Å². The fraction of sp³-hybridized carbons (Fsp3) is 0.667. The van der Waals surface area contributed by atoms with Crippen molar-refractivity contribution in [2.75, 3.05) is 6.54 Å². The van der Waals surface area contributed by atoms with E-state index in [1.165, 1.54) is 18.4 Å². The first-order valence-electron chi connectivity index (χ1n) is 10.6. The van der Waals surface area contributed by atoms with E-state index in [0.29, 0.717) is 19.5 Å². The summed E-state index contributed by atoms with van der Waals surface area (Å²) in [5.74, 6) is 0.178. The van der Waals surface area contributed by atoms with Crippen LogP contribution in [0.2, 0.25) is 0 Å². The van der Waals surface area contributed by atoms with Gasteiger partial charge in [0.15, 0.2) is 0 Å². The summed E-state index contributed by atoms with van der Waals surface area (Å²) in [5.41, 5.74) is 5.47. The van der Waals surface area contributed by atoms with Crippen molar-refractivity contribution in [1.82, 2.24) is 30.0 Å². The third kappa shape index (κ3) is 3.05. The lowest BCUT2D eigenvalue weighted by Crippen LogP contribution is -2.57. The number of rotatable bonds is 5. The Bertz CT molecular complexity index is 860. The van der Waals surface area contributed by atoms with Crippen molar-refractivity contribution in [2.24, 2.45) is 0 Å². The van der Waals surface area contributed by atoms with E-state index in [1.54, 1.807) is 6.33 Å². The lowest BCUT2D eigenvalue weighted by molar-refractivity contribution is -0.134. The molecule has 0 radical (unpaired) electrons. The third-order valence-corrected chi connectivity index (χ3v) is 6.66. The topological polar surface area (TPSA) is 78.8 Å². The summed E-state index contributed by atoms with van der Waals surface area (Å²) in [6.45, 7) is 10.5. The predicted molar refractivity (Wildman–Crippen MR) is 108 cm³/mol. The number of aryl methyl sites for hydroxylation is 2. The van der Waals surface area contributed by atoms with Gasteiger partial charge >= 0.3 is 0 Å². The smallest absolute Gasteiger partial charge is 0.240 e. The first kappa shape index (κ1) is 19.2. The van der Waals surface area contributed by atoms with Crippen LogP contribution in [0, 0.1) is 13.8 Å². The lowest BCUT2D eigenvalue weighted by atomic mass is 9.84. The number of hydrogen-bond donors (Lipinski definition) is 2. The molecular formula is C21H32N6O. The van der Waals surface area contributed by atoms with Gasteiger partial charge in [0, 0.05) is 43.0 Å². The van der Waals surface area contributed by atoms with Crippen molar-refractivity contribution in [3.8, 4) is 0 Å². The lowest BCUT2D eigenvalue weighted by Gasteiger charge is -2.39. The summed E-state index contributed by atoms with van der Waals surface area (Å²) in [6.07, 6.45) is 6.95. The molecule has 0 aromatic carbocycles. The van der Waals surface area contributed by atoms with Crippen LogP contribution in [0.15, 0.2) is 6.33 Å². The van der Waals surface area contributed by atoms with E-state index in [0.717, 1.165) is 42.2 Å². The van der Waals surface area contributed by atoms with Gasteiger partial charge in [0.1, 0.15) is 0 Å². The number of aromatic amines is 1. The number of fused-ring (bicyclic) bond motifs is 2. The van der Waals surface area contributed by atoms with Gasteiger partial charge in [0.05, 0.1) is 29.3 Å². The van der Waals surface area contributed by atoms with Crippen molar-refractivity contribution >= 4 is 5.91 Å². The summed E-state index contributed by atoms with van der Waals surface area (Å²) in [6, 6.07) is -0.201. The molecule has 1 amide bonds. The fourth-order valence-corrected chi connectivity index (χ4v) is 5.08. The number of amides is 1. The van der Waals surface area contributed by atoms with E-state index < -0.39 is 0 Å². The fourth-order valence-electron chi connectivity index (χ4n) is 5.08. The Morgan fingerprint density at radius 2 is 2.07 bits per heavy atom. The first-order chi connectivity index (χ1) is 13.5. The van der Waals surface area contributed by atoms with Gasteiger partial charge in [0.25, 0.3) is 0 Å². The highest BCUT2D eigenvalue weighted by Gasteiger charge is 2.46. The van der Waals surface area contributed by atoms with Crippen molar-refractivity contribution in [2.45, 2.75) is 84.5 Å². The minimum absolute atomic E-state index is 0.133. The van der Waals surface area contributed by atoms with Crippen LogP contribution in [-0.4, -0.2) is 43.1 Å². The number of carbonyl (C=O) groups is 1. The van der Waals surface area contributed by atoms with Gasteiger partial charge in [-0.15, -0.1) is 0 Å². The normalized spacial score (nSPS) is 20.5. The molecule has 0 unspecified atom stereocenters. The van der Waals surface area contributed by atoms with Gasteiger partial charge in [-0.05, 0) is 40.5 Å². The molecule has 1 aliphatic carbocycles. The van der Waals surface area contributed by atoms with Crippen LogP contribution in [0.4, 0.5) is 0 Å². The van der Waals surface area contributed by atoms with Crippen LogP contribution in [0.3, 0.4) is 0 Å². The number of carbonyl (C=O) groups excluding carboxylic acids is 1. The van der Waals surface area contributed by atoms with E-state index in [9.17, 15) is 4.79 Å². The third-order valence-electron chi connectivity index (χ3n) is 6.66. The average molecular weight is 385 g/mol. The molecule has 7 nitrogen and oxygen atoms in total. The standard InChI is InChI=1S/C21H32N6O/c1-5-26(12-16-14(3)25-27(6-2)15(16)4)20(28)18-11-17-19(23-13-22-17)21(24-18)9-7-8-10-21/h13,18,24H,5-12H2,1-4H3,(H,22,23)/t18-/m0/s1. The maximum absolute atomic E-state index is 13.5. The molecule has 3 heterocycles. The molecule has 0 saturated heterocycles. The number of imidazole rings is 1. The summed E-state index contributed by atoms with van der Waals surface area (Å²) >= 11 is 0. The van der Waals surface area contributed by atoms with Crippen LogP contribution in [0.1, 0.15) is 67.9 Å². The Balaban J connectivity index is 1.57. The Morgan fingerprint density at radius 1 is 1.32 bits per heavy atom. The minimum atomic E-state index is -0.201. The van der Waals surface area contributed by atoms with Crippen molar-refractivity contribution in [3.05, 3.63) is 34.7 Å². The summed E-state index contributed by atoms with van der Waals surface area (Å²) in [5, 5.41) is 8.34. The number of hydrogen-bond acceptors (Lipinski definition) is 4. The van der Waals surface area contributed by atoms with Crippen molar-refractivity contribution < 1.29 is 4.79 Å². The molecule has 2 aromatic rings. The molecular weight excluding hydrogens is 352 g/mol. The molecule has 2 aromatic heterocycles. The molecule has 1 aliphatic heterocycles. The van der Waals surface area contributed by atoms with Gasteiger partial charge in [-0.1, -0.05) is 12.8 Å². The molecule has 28 heavy (non-hydrogen) atoms. The quantitative estimate of drug-likeness (QED) is 0.830. The highest BCUT2D eigenvalue weighted by Crippen LogP contribution is 2.42. The van der Waals surface area contributed by atoms with E-state index in [-0.39, 0.29) is 17.5 Å². The molecule has 2 aliphatic rings. The zero-order valence-corrected chi connectivity index (χ0v) is 17.5. The number of nitrogens with one attached hydrogen (secondary N) is 2. The first-order valence-corrected chi connectivity index (χ1v) is 10.6. The second kappa shape index (κ2) is 7.35. The van der Waals surface area contributed by atoms with Crippen LogP contribution in [0.25, 0.3) is 0 Å². The SMILES string of the molecule is CCN(Cc1c(C)nn(CC)c1C)C(=O)[C@@H]1Cc2[nH]cnc2C2(CCCC2)N1. The van der Waals surface area contributed by atoms with Gasteiger partial charge < -0.3 is 9.88 Å². The molecule has 7 heteroatoms. The van der Waals surface area contributed by atoms with Crippen LogP contribution >= 0.6 is 0 Å². The maximum Gasteiger partial charge on any atom is 0.240 e. The molecule has 1 saturated carbocycles. The van der Waals surface area contributed by atoms with Gasteiger partial charge in [-0.25, -0.2) is 4.98 Å². The monoisotopic (exact) mass is 384 g/mol. The number of nitrogens with zero attached hydrogens (tertiary/aromatic N) is 4. The second-order valence-electron chi connectivity index (χ2n) is 8.24. The zero-order chi connectivity index (χ0) is 19.9.